The Labute approximate surface area is 119 Å². The zero-order valence-electron chi connectivity index (χ0n) is 11.7. The van der Waals surface area contributed by atoms with Gasteiger partial charge in [0.2, 0.25) is 0 Å². The maximum Gasteiger partial charge on any atom is 0.253 e. The molecule has 0 spiro atoms. The van der Waals surface area contributed by atoms with Crippen LogP contribution in [0.1, 0.15) is 36.0 Å². The van der Waals surface area contributed by atoms with Crippen molar-refractivity contribution in [1.29, 1.82) is 0 Å². The molecule has 1 aromatic heterocycles. The van der Waals surface area contributed by atoms with E-state index in [9.17, 15) is 4.79 Å². The van der Waals surface area contributed by atoms with Crippen LogP contribution in [0.3, 0.4) is 0 Å². The van der Waals surface area contributed by atoms with Gasteiger partial charge in [0.05, 0.1) is 23.6 Å². The van der Waals surface area contributed by atoms with Crippen LogP contribution >= 0.6 is 0 Å². The molecular formula is C15H21N3O2. The molecule has 1 N–H and O–H groups in total. The normalized spacial score (nSPS) is 22.2. The third-order valence-electron chi connectivity index (χ3n) is 3.97. The fraction of sp³-hybridized carbons (Fsp3) is 0.600. The summed E-state index contributed by atoms with van der Waals surface area (Å²) >= 11 is 0. The molecule has 0 aromatic carbocycles. The van der Waals surface area contributed by atoms with E-state index >= 15 is 0 Å². The van der Waals surface area contributed by atoms with Crippen molar-refractivity contribution in [3.63, 3.8) is 0 Å². The van der Waals surface area contributed by atoms with Gasteiger partial charge in [0, 0.05) is 32.4 Å². The summed E-state index contributed by atoms with van der Waals surface area (Å²) in [6.07, 6.45) is 8.20. The van der Waals surface area contributed by atoms with Gasteiger partial charge in [-0.05, 0) is 31.7 Å². The highest BCUT2D eigenvalue weighted by Gasteiger charge is 2.18. The van der Waals surface area contributed by atoms with Gasteiger partial charge in [-0.25, -0.2) is 0 Å². The molecule has 20 heavy (non-hydrogen) atoms. The number of aromatic nitrogens is 1. The molecule has 2 fully saturated rings. The standard InChI is InChI=1S/C15H21N3O2/c19-15(17-11-14-4-3-7-20-14)12-8-13(10-16-9-12)18-5-1-2-6-18/h8-10,14H,1-7,11H2,(H,17,19). The van der Waals surface area contributed by atoms with Crippen LogP contribution in [0.25, 0.3) is 0 Å². The van der Waals surface area contributed by atoms with Gasteiger partial charge in [-0.1, -0.05) is 0 Å². The van der Waals surface area contributed by atoms with Crippen LogP contribution < -0.4 is 10.2 Å². The topological polar surface area (TPSA) is 54.5 Å². The summed E-state index contributed by atoms with van der Waals surface area (Å²) in [5.41, 5.74) is 1.68. The zero-order chi connectivity index (χ0) is 13.8. The van der Waals surface area contributed by atoms with Crippen LogP contribution in [0.2, 0.25) is 0 Å². The number of carbonyl (C=O) groups excluding carboxylic acids is 1. The van der Waals surface area contributed by atoms with Crippen LogP contribution in [0.5, 0.6) is 0 Å². The minimum absolute atomic E-state index is 0.0611. The van der Waals surface area contributed by atoms with Gasteiger partial charge in [-0.3, -0.25) is 9.78 Å². The highest BCUT2D eigenvalue weighted by atomic mass is 16.5. The van der Waals surface area contributed by atoms with E-state index in [0.29, 0.717) is 12.1 Å². The Kier molecular flexibility index (Phi) is 4.16. The number of pyridine rings is 1. The number of nitrogens with zero attached hydrogens (tertiary/aromatic N) is 2. The van der Waals surface area contributed by atoms with Crippen molar-refractivity contribution in [2.75, 3.05) is 31.1 Å². The van der Waals surface area contributed by atoms with Crippen molar-refractivity contribution in [3.8, 4) is 0 Å². The van der Waals surface area contributed by atoms with E-state index in [1.165, 1.54) is 12.8 Å². The molecule has 5 nitrogen and oxygen atoms in total. The lowest BCUT2D eigenvalue weighted by molar-refractivity contribution is 0.0857. The van der Waals surface area contributed by atoms with E-state index in [4.69, 9.17) is 4.74 Å². The van der Waals surface area contributed by atoms with E-state index in [0.717, 1.165) is 38.2 Å². The van der Waals surface area contributed by atoms with Crippen molar-refractivity contribution in [3.05, 3.63) is 24.0 Å². The monoisotopic (exact) mass is 275 g/mol. The van der Waals surface area contributed by atoms with Gasteiger partial charge in [-0.2, -0.15) is 0 Å². The van der Waals surface area contributed by atoms with Crippen LogP contribution in [-0.2, 0) is 4.74 Å². The van der Waals surface area contributed by atoms with Gasteiger partial charge in [0.15, 0.2) is 0 Å². The first-order chi connectivity index (χ1) is 9.83. The van der Waals surface area contributed by atoms with E-state index in [1.54, 1.807) is 6.20 Å². The SMILES string of the molecule is O=C(NCC1CCCO1)c1cncc(N2CCCC2)c1. The first-order valence-electron chi connectivity index (χ1n) is 7.43. The van der Waals surface area contributed by atoms with Crippen molar-refractivity contribution >= 4 is 11.6 Å². The number of nitrogens with one attached hydrogen (secondary N) is 1. The van der Waals surface area contributed by atoms with Gasteiger partial charge in [0.1, 0.15) is 0 Å². The molecule has 0 saturated carbocycles. The van der Waals surface area contributed by atoms with E-state index in [2.05, 4.69) is 15.2 Å². The lowest BCUT2D eigenvalue weighted by atomic mass is 10.2. The number of hydrogen-bond donors (Lipinski definition) is 1. The lowest BCUT2D eigenvalue weighted by Gasteiger charge is -2.17. The van der Waals surface area contributed by atoms with E-state index in [-0.39, 0.29) is 12.0 Å². The molecular weight excluding hydrogens is 254 g/mol. The van der Waals surface area contributed by atoms with Gasteiger partial charge in [-0.15, -0.1) is 0 Å². The number of anilines is 1. The van der Waals surface area contributed by atoms with Crippen LogP contribution in [0, 0.1) is 0 Å². The second-order valence-corrected chi connectivity index (χ2v) is 5.47. The summed E-state index contributed by atoms with van der Waals surface area (Å²) in [5.74, 6) is -0.0611. The number of amides is 1. The molecule has 1 aromatic rings. The first kappa shape index (κ1) is 13.4. The Morgan fingerprint density at radius 1 is 1.35 bits per heavy atom. The van der Waals surface area contributed by atoms with Gasteiger partial charge >= 0.3 is 0 Å². The lowest BCUT2D eigenvalue weighted by Crippen LogP contribution is -2.32. The smallest absolute Gasteiger partial charge is 0.253 e. The maximum absolute atomic E-state index is 12.1. The molecule has 3 heterocycles. The fourth-order valence-corrected chi connectivity index (χ4v) is 2.81. The second kappa shape index (κ2) is 6.22. The molecule has 0 bridgehead atoms. The maximum atomic E-state index is 12.1. The predicted molar refractivity (Wildman–Crippen MR) is 77.0 cm³/mol. The summed E-state index contributed by atoms with van der Waals surface area (Å²) in [6.45, 7) is 3.52. The molecule has 5 heteroatoms. The predicted octanol–water partition coefficient (Wildman–Crippen LogP) is 1.59. The Hall–Kier alpha value is -1.62. The Morgan fingerprint density at radius 2 is 2.20 bits per heavy atom. The summed E-state index contributed by atoms with van der Waals surface area (Å²) in [6, 6.07) is 1.93. The molecule has 2 saturated heterocycles. The van der Waals surface area contributed by atoms with Crippen molar-refractivity contribution in [2.45, 2.75) is 31.8 Å². The molecule has 3 rings (SSSR count). The van der Waals surface area contributed by atoms with Crippen molar-refractivity contribution in [2.24, 2.45) is 0 Å². The molecule has 1 unspecified atom stereocenters. The summed E-state index contributed by atoms with van der Waals surface area (Å²) in [4.78, 5) is 18.6. The summed E-state index contributed by atoms with van der Waals surface area (Å²) < 4.78 is 5.51. The number of hydrogen-bond acceptors (Lipinski definition) is 4. The third kappa shape index (κ3) is 3.10. The van der Waals surface area contributed by atoms with E-state index in [1.807, 2.05) is 12.3 Å². The zero-order valence-corrected chi connectivity index (χ0v) is 11.7. The fourth-order valence-electron chi connectivity index (χ4n) is 2.81. The minimum Gasteiger partial charge on any atom is -0.376 e. The van der Waals surface area contributed by atoms with Crippen LogP contribution in [0.15, 0.2) is 18.5 Å². The largest absolute Gasteiger partial charge is 0.376 e. The highest BCUT2D eigenvalue weighted by Crippen LogP contribution is 2.20. The quantitative estimate of drug-likeness (QED) is 0.906. The number of carbonyl (C=O) groups is 1. The average molecular weight is 275 g/mol. The molecule has 1 amide bonds. The third-order valence-corrected chi connectivity index (χ3v) is 3.97. The second-order valence-electron chi connectivity index (χ2n) is 5.47. The Bertz CT molecular complexity index is 466. The average Bonchev–Trinajstić information content (AvgIpc) is 3.18. The minimum atomic E-state index is -0.0611. The van der Waals surface area contributed by atoms with Crippen LogP contribution in [0.4, 0.5) is 5.69 Å². The summed E-state index contributed by atoms with van der Waals surface area (Å²) in [7, 11) is 0. The first-order valence-corrected chi connectivity index (χ1v) is 7.43. The molecule has 2 aliphatic rings. The number of rotatable bonds is 4. The molecule has 0 aliphatic carbocycles. The molecule has 1 atom stereocenters. The molecule has 0 radical (unpaired) electrons. The van der Waals surface area contributed by atoms with Crippen molar-refractivity contribution in [1.82, 2.24) is 10.3 Å². The Balaban J connectivity index is 1.60. The van der Waals surface area contributed by atoms with Crippen molar-refractivity contribution < 1.29 is 9.53 Å². The Morgan fingerprint density at radius 3 is 2.95 bits per heavy atom. The van der Waals surface area contributed by atoms with Gasteiger partial charge < -0.3 is 15.0 Å². The van der Waals surface area contributed by atoms with E-state index < -0.39 is 0 Å². The highest BCUT2D eigenvalue weighted by molar-refractivity contribution is 5.94. The molecule has 108 valence electrons. The summed E-state index contributed by atoms with van der Waals surface area (Å²) in [5, 5.41) is 2.94. The molecule has 2 aliphatic heterocycles. The van der Waals surface area contributed by atoms with Crippen LogP contribution in [-0.4, -0.2) is 43.2 Å². The number of ether oxygens (including phenoxy) is 1. The van der Waals surface area contributed by atoms with Gasteiger partial charge in [0.25, 0.3) is 5.91 Å².